The summed E-state index contributed by atoms with van der Waals surface area (Å²) in [5.74, 6) is -5.97. The molecule has 3 aromatic rings. The lowest BCUT2D eigenvalue weighted by molar-refractivity contribution is 0.0683. The number of anilines is 2. The molecule has 0 spiro atoms. The van der Waals surface area contributed by atoms with Crippen LogP contribution in [0.1, 0.15) is 58.7 Å². The number of rotatable bonds is 9. The van der Waals surface area contributed by atoms with E-state index >= 15 is 0 Å². The molecular formula is C25H20N2O10S. The zero-order chi connectivity index (χ0) is 28.4. The van der Waals surface area contributed by atoms with Crippen molar-refractivity contribution in [3.05, 3.63) is 82.4 Å². The monoisotopic (exact) mass is 540 g/mol. The number of carbonyl (C=O) groups is 5. The van der Waals surface area contributed by atoms with E-state index in [1.54, 1.807) is 0 Å². The first kappa shape index (κ1) is 27.5. The van der Waals surface area contributed by atoms with Crippen LogP contribution in [-0.2, 0) is 9.84 Å². The second-order valence-electron chi connectivity index (χ2n) is 7.89. The number of carboxylic acid groups (broad SMARTS) is 3. The normalized spacial score (nSPS) is 10.9. The summed E-state index contributed by atoms with van der Waals surface area (Å²) in [5, 5.41) is 33.2. The number of carboxylic acids is 3. The summed E-state index contributed by atoms with van der Waals surface area (Å²) in [6.45, 7) is 1.07. The van der Waals surface area contributed by atoms with E-state index in [1.807, 2.05) is 0 Å². The number of hydrogen-bond donors (Lipinski definition) is 5. The molecule has 13 heteroatoms. The van der Waals surface area contributed by atoms with E-state index in [-0.39, 0.29) is 16.8 Å². The van der Waals surface area contributed by atoms with Crippen LogP contribution in [-0.4, -0.2) is 60.4 Å². The van der Waals surface area contributed by atoms with Gasteiger partial charge in [-0.2, -0.15) is 0 Å². The average molecular weight is 541 g/mol. The Morgan fingerprint density at radius 2 is 1.16 bits per heavy atom. The van der Waals surface area contributed by atoms with Crippen molar-refractivity contribution in [3.63, 3.8) is 0 Å². The molecule has 3 rings (SSSR count). The third-order valence-electron chi connectivity index (χ3n) is 5.41. The Kier molecular flexibility index (Phi) is 7.63. The van der Waals surface area contributed by atoms with Crippen molar-refractivity contribution in [3.8, 4) is 0 Å². The maximum absolute atomic E-state index is 13.3. The second-order valence-corrected chi connectivity index (χ2v) is 9.84. The van der Waals surface area contributed by atoms with Gasteiger partial charge in [0, 0.05) is 24.0 Å². The third kappa shape index (κ3) is 5.52. The van der Waals surface area contributed by atoms with Gasteiger partial charge in [0.1, 0.15) is 0 Å². The largest absolute Gasteiger partial charge is 0.478 e. The SMILES string of the molecule is CNc1cc(NC(=O)c2cc(S(=O)(=O)c3ccc(C(=O)O)c(C(C)=O)c3)ccc2C(=O)O)cc(C(=O)O)c1. The van der Waals surface area contributed by atoms with E-state index < -0.39 is 65.9 Å². The Labute approximate surface area is 215 Å². The highest BCUT2D eigenvalue weighted by Gasteiger charge is 2.26. The van der Waals surface area contributed by atoms with Crippen LogP contribution >= 0.6 is 0 Å². The Morgan fingerprint density at radius 1 is 0.658 bits per heavy atom. The van der Waals surface area contributed by atoms with Crippen LogP contribution < -0.4 is 10.6 Å². The van der Waals surface area contributed by atoms with Crippen LogP contribution in [0.15, 0.2) is 64.4 Å². The Morgan fingerprint density at radius 3 is 1.63 bits per heavy atom. The van der Waals surface area contributed by atoms with Gasteiger partial charge in [-0.3, -0.25) is 9.59 Å². The number of sulfone groups is 1. The van der Waals surface area contributed by atoms with Gasteiger partial charge in [0.2, 0.25) is 9.84 Å². The first-order valence-electron chi connectivity index (χ1n) is 10.6. The Hall–Kier alpha value is -5.04. The van der Waals surface area contributed by atoms with Gasteiger partial charge in [-0.15, -0.1) is 0 Å². The van der Waals surface area contributed by atoms with Crippen LogP contribution in [0, 0.1) is 0 Å². The maximum Gasteiger partial charge on any atom is 0.336 e. The molecule has 0 aromatic heterocycles. The summed E-state index contributed by atoms with van der Waals surface area (Å²) in [6, 6.07) is 9.35. The van der Waals surface area contributed by atoms with Crippen molar-refractivity contribution >= 4 is 50.8 Å². The van der Waals surface area contributed by atoms with E-state index in [0.29, 0.717) is 5.69 Å². The molecule has 0 saturated heterocycles. The molecule has 0 aliphatic carbocycles. The highest BCUT2D eigenvalue weighted by Crippen LogP contribution is 2.27. The standard InChI is InChI=1S/C25H20N2O10S/c1-12(28)20-10-16(3-5-18(20)24(32)33)38(36,37)17-4-6-19(25(34)35)21(11-17)22(29)27-15-8-13(23(30)31)7-14(9-15)26-2/h3-11,26H,1-2H3,(H,27,29)(H,30,31)(H,32,33)(H,34,35). The minimum absolute atomic E-state index is 0.000733. The Bertz CT molecular complexity index is 1630. The van der Waals surface area contributed by atoms with E-state index in [9.17, 15) is 47.7 Å². The summed E-state index contributed by atoms with van der Waals surface area (Å²) in [5.41, 5.74) is -1.66. The van der Waals surface area contributed by atoms with Crippen molar-refractivity contribution in [1.29, 1.82) is 0 Å². The second kappa shape index (κ2) is 10.5. The van der Waals surface area contributed by atoms with Gasteiger partial charge in [0.05, 0.1) is 32.0 Å². The molecule has 0 heterocycles. The molecule has 196 valence electrons. The zero-order valence-electron chi connectivity index (χ0n) is 19.8. The molecule has 0 saturated carbocycles. The van der Waals surface area contributed by atoms with Crippen molar-refractivity contribution in [2.45, 2.75) is 16.7 Å². The predicted octanol–water partition coefficient (Wildman–Crippen LogP) is 3.11. The van der Waals surface area contributed by atoms with E-state index in [4.69, 9.17) is 0 Å². The number of nitrogens with one attached hydrogen (secondary N) is 2. The van der Waals surface area contributed by atoms with Gasteiger partial charge >= 0.3 is 17.9 Å². The molecule has 3 aromatic carbocycles. The number of benzene rings is 3. The van der Waals surface area contributed by atoms with Crippen LogP contribution in [0.3, 0.4) is 0 Å². The van der Waals surface area contributed by atoms with Crippen LogP contribution in [0.4, 0.5) is 11.4 Å². The fourth-order valence-corrected chi connectivity index (χ4v) is 4.85. The molecule has 1 amide bonds. The minimum Gasteiger partial charge on any atom is -0.478 e. The molecule has 0 unspecified atom stereocenters. The maximum atomic E-state index is 13.3. The van der Waals surface area contributed by atoms with Gasteiger partial charge in [0.25, 0.3) is 5.91 Å². The molecule has 0 radical (unpaired) electrons. The van der Waals surface area contributed by atoms with Crippen molar-refractivity contribution < 1.29 is 47.7 Å². The number of aromatic carboxylic acids is 3. The Balaban J connectivity index is 2.11. The molecule has 5 N–H and O–H groups in total. The van der Waals surface area contributed by atoms with E-state index in [1.165, 1.54) is 19.2 Å². The molecule has 12 nitrogen and oxygen atoms in total. The highest BCUT2D eigenvalue weighted by molar-refractivity contribution is 7.91. The smallest absolute Gasteiger partial charge is 0.336 e. The third-order valence-corrected chi connectivity index (χ3v) is 7.16. The van der Waals surface area contributed by atoms with Crippen LogP contribution in [0.25, 0.3) is 0 Å². The molecule has 38 heavy (non-hydrogen) atoms. The molecule has 0 atom stereocenters. The number of carbonyl (C=O) groups excluding carboxylic acids is 2. The van der Waals surface area contributed by atoms with Gasteiger partial charge in [-0.25, -0.2) is 22.8 Å². The molecule has 0 fully saturated rings. The number of hydrogen-bond acceptors (Lipinski definition) is 8. The molecule has 0 aliphatic rings. The summed E-state index contributed by atoms with van der Waals surface area (Å²) in [6.07, 6.45) is 0. The van der Waals surface area contributed by atoms with Crippen LogP contribution in [0.5, 0.6) is 0 Å². The summed E-state index contributed by atoms with van der Waals surface area (Å²) in [4.78, 5) is 58.6. The topological polar surface area (TPSA) is 204 Å². The van der Waals surface area contributed by atoms with Crippen LogP contribution in [0.2, 0.25) is 0 Å². The lowest BCUT2D eigenvalue weighted by atomic mass is 10.0. The van der Waals surface area contributed by atoms with Gasteiger partial charge in [-0.05, 0) is 61.5 Å². The molecule has 0 bridgehead atoms. The van der Waals surface area contributed by atoms with E-state index in [0.717, 1.165) is 49.4 Å². The fourth-order valence-electron chi connectivity index (χ4n) is 3.54. The number of ketones is 1. The first-order chi connectivity index (χ1) is 17.8. The van der Waals surface area contributed by atoms with Gasteiger partial charge < -0.3 is 26.0 Å². The average Bonchev–Trinajstić information content (AvgIpc) is 2.87. The van der Waals surface area contributed by atoms with Crippen molar-refractivity contribution in [2.75, 3.05) is 17.7 Å². The lowest BCUT2D eigenvalue weighted by Gasteiger charge is -2.13. The first-order valence-corrected chi connectivity index (χ1v) is 12.1. The predicted molar refractivity (Wildman–Crippen MR) is 133 cm³/mol. The van der Waals surface area contributed by atoms with Gasteiger partial charge in [-0.1, -0.05) is 0 Å². The zero-order valence-corrected chi connectivity index (χ0v) is 20.6. The van der Waals surface area contributed by atoms with Gasteiger partial charge in [0.15, 0.2) is 5.78 Å². The minimum atomic E-state index is -4.44. The summed E-state index contributed by atoms with van der Waals surface area (Å²) in [7, 11) is -2.93. The summed E-state index contributed by atoms with van der Waals surface area (Å²) < 4.78 is 26.6. The summed E-state index contributed by atoms with van der Waals surface area (Å²) >= 11 is 0. The van der Waals surface area contributed by atoms with Crippen molar-refractivity contribution in [1.82, 2.24) is 0 Å². The lowest BCUT2D eigenvalue weighted by Crippen LogP contribution is -2.18. The molecule has 0 aliphatic heterocycles. The quantitative estimate of drug-likeness (QED) is 0.249. The fraction of sp³-hybridized carbons (Fsp3) is 0.0800. The number of Topliss-reactive ketones (excluding diaryl/α,β-unsaturated/α-hetero) is 1. The number of amides is 1. The van der Waals surface area contributed by atoms with Crippen molar-refractivity contribution in [2.24, 2.45) is 0 Å². The van der Waals surface area contributed by atoms with E-state index in [2.05, 4.69) is 10.6 Å². The molecular weight excluding hydrogens is 520 g/mol. The highest BCUT2D eigenvalue weighted by atomic mass is 32.2.